The van der Waals surface area contributed by atoms with E-state index in [1.807, 2.05) is 25.2 Å². The highest BCUT2D eigenvalue weighted by Gasteiger charge is 2.13. The Hall–Kier alpha value is -2.05. The molecule has 2 N–H and O–H groups in total. The fraction of sp³-hybridized carbons (Fsp3) is 0.267. The maximum atomic E-state index is 12.3. The molecule has 1 amide bonds. The Labute approximate surface area is 127 Å². The number of Topliss-reactive ketones (excluding diaryl/α,β-unsaturated/α-hetero) is 1. The van der Waals surface area contributed by atoms with Crippen molar-refractivity contribution in [3.05, 3.63) is 46.5 Å². The van der Waals surface area contributed by atoms with Crippen molar-refractivity contribution in [2.75, 3.05) is 18.9 Å². The van der Waals surface area contributed by atoms with Crippen molar-refractivity contribution in [3.8, 4) is 0 Å². The number of amides is 1. The highest BCUT2D eigenvalue weighted by Crippen LogP contribution is 2.18. The second-order valence-corrected chi connectivity index (χ2v) is 5.42. The van der Waals surface area contributed by atoms with Crippen molar-refractivity contribution in [2.45, 2.75) is 13.3 Å². The van der Waals surface area contributed by atoms with Crippen LogP contribution in [0.1, 0.15) is 33.3 Å². The number of ketones is 1. The van der Waals surface area contributed by atoms with Crippen LogP contribution in [0.25, 0.3) is 0 Å². The van der Waals surface area contributed by atoms with E-state index in [0.29, 0.717) is 16.4 Å². The highest BCUT2D eigenvalue weighted by atomic mass is 32.1. The van der Waals surface area contributed by atoms with Crippen molar-refractivity contribution in [3.63, 3.8) is 0 Å². The number of aromatic nitrogens is 1. The first-order valence-electron chi connectivity index (χ1n) is 6.62. The maximum absolute atomic E-state index is 12.3. The third kappa shape index (κ3) is 3.96. The summed E-state index contributed by atoms with van der Waals surface area (Å²) in [6, 6.07) is 7.48. The van der Waals surface area contributed by atoms with Crippen LogP contribution in [0, 0.1) is 0 Å². The molecule has 0 unspecified atom stereocenters. The number of nitrogens with zero attached hydrogens (tertiary/aromatic N) is 1. The first-order valence-corrected chi connectivity index (χ1v) is 7.50. The monoisotopic (exact) mass is 303 g/mol. The molecule has 5 nitrogen and oxygen atoms in total. The van der Waals surface area contributed by atoms with Crippen LogP contribution in [-0.4, -0.2) is 30.3 Å². The Bertz CT molecular complexity index is 652. The van der Waals surface area contributed by atoms with Crippen molar-refractivity contribution in [1.82, 2.24) is 10.3 Å². The second-order valence-electron chi connectivity index (χ2n) is 4.56. The molecule has 0 aliphatic rings. The molecule has 0 saturated heterocycles. The van der Waals surface area contributed by atoms with E-state index in [-0.39, 0.29) is 11.7 Å². The van der Waals surface area contributed by atoms with Crippen LogP contribution in [-0.2, 0) is 6.42 Å². The molecule has 110 valence electrons. The lowest BCUT2D eigenvalue weighted by molar-refractivity contribution is 0.100. The van der Waals surface area contributed by atoms with Crippen molar-refractivity contribution < 1.29 is 9.59 Å². The van der Waals surface area contributed by atoms with Gasteiger partial charge in [-0.05, 0) is 31.6 Å². The Morgan fingerprint density at radius 1 is 1.29 bits per heavy atom. The summed E-state index contributed by atoms with van der Waals surface area (Å²) in [5.74, 6) is -0.313. The number of hydrogen-bond donors (Lipinski definition) is 2. The SMILES string of the molecule is CNCCc1ccccc1C(=O)Nc1nc(C(C)=O)cs1. The second kappa shape index (κ2) is 7.10. The predicted molar refractivity (Wildman–Crippen MR) is 84.1 cm³/mol. The Morgan fingerprint density at radius 2 is 2.05 bits per heavy atom. The molecule has 0 fully saturated rings. The Balaban J connectivity index is 2.14. The summed E-state index contributed by atoms with van der Waals surface area (Å²) in [5, 5.41) is 7.90. The quantitative estimate of drug-likeness (QED) is 0.804. The minimum Gasteiger partial charge on any atom is -0.319 e. The van der Waals surface area contributed by atoms with Gasteiger partial charge in [0.15, 0.2) is 10.9 Å². The van der Waals surface area contributed by atoms with E-state index in [4.69, 9.17) is 0 Å². The van der Waals surface area contributed by atoms with Crippen LogP contribution in [0.3, 0.4) is 0 Å². The van der Waals surface area contributed by atoms with E-state index in [2.05, 4.69) is 15.6 Å². The Morgan fingerprint density at radius 3 is 2.71 bits per heavy atom. The zero-order valence-corrected chi connectivity index (χ0v) is 12.8. The molecule has 1 heterocycles. The summed E-state index contributed by atoms with van der Waals surface area (Å²) in [5.41, 5.74) is 1.98. The number of carbonyl (C=O) groups excluding carboxylic acids is 2. The van der Waals surface area contributed by atoms with Gasteiger partial charge in [-0.25, -0.2) is 4.98 Å². The topological polar surface area (TPSA) is 71.1 Å². The van der Waals surface area contributed by atoms with Crippen LogP contribution in [0.15, 0.2) is 29.6 Å². The molecule has 2 rings (SSSR count). The molecule has 0 aliphatic heterocycles. The van der Waals surface area contributed by atoms with E-state index in [1.54, 1.807) is 11.4 Å². The fourth-order valence-corrected chi connectivity index (χ4v) is 2.62. The lowest BCUT2D eigenvalue weighted by Crippen LogP contribution is -2.17. The average molecular weight is 303 g/mol. The van der Waals surface area contributed by atoms with Crippen molar-refractivity contribution in [2.24, 2.45) is 0 Å². The van der Waals surface area contributed by atoms with Gasteiger partial charge in [0.25, 0.3) is 5.91 Å². The summed E-state index contributed by atoms with van der Waals surface area (Å²) < 4.78 is 0. The van der Waals surface area contributed by atoms with Gasteiger partial charge in [0.05, 0.1) is 0 Å². The number of likely N-dealkylation sites (N-methyl/N-ethyl adjacent to an activating group) is 1. The van der Waals surface area contributed by atoms with Crippen LogP contribution in [0.4, 0.5) is 5.13 Å². The lowest BCUT2D eigenvalue weighted by Gasteiger charge is -2.08. The van der Waals surface area contributed by atoms with Crippen molar-refractivity contribution in [1.29, 1.82) is 0 Å². The highest BCUT2D eigenvalue weighted by molar-refractivity contribution is 7.14. The van der Waals surface area contributed by atoms with Gasteiger partial charge in [0.1, 0.15) is 5.69 Å². The van der Waals surface area contributed by atoms with Gasteiger partial charge in [-0.2, -0.15) is 0 Å². The molecule has 0 saturated carbocycles. The van der Waals surface area contributed by atoms with E-state index in [0.717, 1.165) is 18.5 Å². The number of anilines is 1. The predicted octanol–water partition coefficient (Wildman–Crippen LogP) is 2.36. The third-order valence-electron chi connectivity index (χ3n) is 2.99. The van der Waals surface area contributed by atoms with Gasteiger partial charge in [-0.15, -0.1) is 11.3 Å². The van der Waals surface area contributed by atoms with Gasteiger partial charge in [-0.3, -0.25) is 14.9 Å². The van der Waals surface area contributed by atoms with Gasteiger partial charge >= 0.3 is 0 Å². The third-order valence-corrected chi connectivity index (χ3v) is 3.75. The van der Waals surface area contributed by atoms with Crippen molar-refractivity contribution >= 4 is 28.2 Å². The molecule has 0 aliphatic carbocycles. The molecule has 1 aromatic heterocycles. The van der Waals surface area contributed by atoms with E-state index >= 15 is 0 Å². The summed E-state index contributed by atoms with van der Waals surface area (Å²) in [6.07, 6.45) is 0.774. The minimum atomic E-state index is -0.203. The van der Waals surface area contributed by atoms with E-state index in [1.165, 1.54) is 18.3 Å². The maximum Gasteiger partial charge on any atom is 0.257 e. The molecular formula is C15H17N3O2S. The largest absolute Gasteiger partial charge is 0.319 e. The molecule has 21 heavy (non-hydrogen) atoms. The Kier molecular flexibility index (Phi) is 5.19. The molecule has 0 bridgehead atoms. The molecule has 0 atom stereocenters. The number of hydrogen-bond acceptors (Lipinski definition) is 5. The standard InChI is InChI=1S/C15H17N3O2S/c1-10(19)13-9-21-15(17-13)18-14(20)12-6-4-3-5-11(12)7-8-16-2/h3-6,9,16H,7-8H2,1-2H3,(H,17,18,20). The van der Waals surface area contributed by atoms with Gasteiger partial charge in [0.2, 0.25) is 0 Å². The molecule has 2 aromatic rings. The minimum absolute atomic E-state index is 0.110. The smallest absolute Gasteiger partial charge is 0.257 e. The number of benzene rings is 1. The van der Waals surface area contributed by atoms with Crippen LogP contribution >= 0.6 is 11.3 Å². The molecule has 0 radical (unpaired) electrons. The molecule has 1 aromatic carbocycles. The zero-order chi connectivity index (χ0) is 15.2. The van der Waals surface area contributed by atoms with Gasteiger partial charge in [0, 0.05) is 17.9 Å². The van der Waals surface area contributed by atoms with Crippen LogP contribution in [0.5, 0.6) is 0 Å². The number of thiazole rings is 1. The molecular weight excluding hydrogens is 286 g/mol. The number of rotatable bonds is 6. The average Bonchev–Trinajstić information content (AvgIpc) is 2.94. The summed E-state index contributed by atoms with van der Waals surface area (Å²) in [6.45, 7) is 2.25. The zero-order valence-electron chi connectivity index (χ0n) is 12.0. The van der Waals surface area contributed by atoms with Crippen LogP contribution in [0.2, 0.25) is 0 Å². The summed E-state index contributed by atoms with van der Waals surface area (Å²) in [7, 11) is 1.88. The first-order chi connectivity index (χ1) is 10.1. The number of nitrogens with one attached hydrogen (secondary N) is 2. The van der Waals surface area contributed by atoms with Crippen LogP contribution < -0.4 is 10.6 Å². The number of carbonyl (C=O) groups is 2. The summed E-state index contributed by atoms with van der Waals surface area (Å²) in [4.78, 5) is 27.6. The first kappa shape index (κ1) is 15.3. The fourth-order valence-electron chi connectivity index (χ4n) is 1.88. The van der Waals surface area contributed by atoms with Gasteiger partial charge in [-0.1, -0.05) is 18.2 Å². The molecule has 6 heteroatoms. The summed E-state index contributed by atoms with van der Waals surface area (Å²) >= 11 is 1.25. The van der Waals surface area contributed by atoms with E-state index in [9.17, 15) is 9.59 Å². The van der Waals surface area contributed by atoms with Gasteiger partial charge < -0.3 is 5.32 Å². The molecule has 0 spiro atoms. The lowest BCUT2D eigenvalue weighted by atomic mass is 10.0. The van der Waals surface area contributed by atoms with E-state index < -0.39 is 0 Å². The normalized spacial score (nSPS) is 10.4.